The minimum absolute atomic E-state index is 0. The molecule has 7 heteroatoms. The van der Waals surface area contributed by atoms with Gasteiger partial charge in [0.2, 0.25) is 0 Å². The molecule has 0 aliphatic rings. The van der Waals surface area contributed by atoms with E-state index in [-0.39, 0.29) is 11.0 Å². The number of alkyl halides is 3. The van der Waals surface area contributed by atoms with Crippen molar-refractivity contribution in [1.82, 2.24) is 0 Å². The van der Waals surface area contributed by atoms with Crippen molar-refractivity contribution in [3.05, 3.63) is 29.6 Å². The summed E-state index contributed by atoms with van der Waals surface area (Å²) in [5.41, 5.74) is -1.83. The number of halogens is 4. The first-order valence-corrected chi connectivity index (χ1v) is 3.04. The van der Waals surface area contributed by atoms with Crippen LogP contribution in [0, 0.1) is 5.82 Å². The fourth-order valence-electron chi connectivity index (χ4n) is 0.769. The summed E-state index contributed by atoms with van der Waals surface area (Å²) in [6, 6.07) is 2.78. The zero-order valence-corrected chi connectivity index (χ0v) is 6.72. The van der Waals surface area contributed by atoms with Gasteiger partial charge in [0, 0.05) is 0 Å². The van der Waals surface area contributed by atoms with Crippen molar-refractivity contribution in [2.45, 2.75) is 6.18 Å². The largest absolute Gasteiger partial charge is 0.870 e. The zero-order chi connectivity index (χ0) is 9.35. The summed E-state index contributed by atoms with van der Waals surface area (Å²) in [6.45, 7) is 0. The molecule has 0 aromatic heterocycles. The van der Waals surface area contributed by atoms with Crippen LogP contribution in [0.5, 0.6) is 0 Å². The molecule has 0 amide bonds. The smallest absolute Gasteiger partial charge is 0.870 e. The molecule has 2 nitrogen and oxygen atoms in total. The Labute approximate surface area is 78.6 Å². The van der Waals surface area contributed by atoms with E-state index < -0.39 is 23.0 Å². The summed E-state index contributed by atoms with van der Waals surface area (Å²) >= 11 is 0. The van der Waals surface area contributed by atoms with Gasteiger partial charge >= 0.3 is 66.6 Å². The quantitative estimate of drug-likeness (QED) is 0.476. The van der Waals surface area contributed by atoms with Crippen LogP contribution in [0.15, 0.2) is 18.2 Å². The van der Waals surface area contributed by atoms with Crippen LogP contribution < -0.4 is 5.46 Å². The van der Waals surface area contributed by atoms with Crippen molar-refractivity contribution in [3.63, 3.8) is 0 Å². The molecular weight excluding hydrogens is 203 g/mol. The van der Waals surface area contributed by atoms with E-state index in [9.17, 15) is 17.6 Å². The molecule has 0 aliphatic heterocycles. The van der Waals surface area contributed by atoms with Crippen molar-refractivity contribution >= 4 is 13.3 Å². The molecule has 76 valence electrons. The van der Waals surface area contributed by atoms with Crippen molar-refractivity contribution in [3.8, 4) is 0 Å². The van der Waals surface area contributed by atoms with Crippen LogP contribution in [0.2, 0.25) is 0 Å². The van der Waals surface area contributed by atoms with Gasteiger partial charge in [0.05, 0.1) is 0 Å². The molecule has 0 atom stereocenters. The van der Waals surface area contributed by atoms with Crippen molar-refractivity contribution < 1.29 is 28.5 Å². The Bertz CT molecular complexity index is 300. The molecule has 1 aromatic carbocycles. The standard InChI is InChI=1S/C7H3BF4.2H2O/c8-5-3-1-2-4(6(5)9)7(10,11)12;;/h1-3H;2*1H2/q+2;;/p-2. The molecule has 0 bridgehead atoms. The number of hydrogen-bond donors (Lipinski definition) is 0. The molecule has 2 N–H and O–H groups in total. The van der Waals surface area contributed by atoms with E-state index in [4.69, 9.17) is 7.85 Å². The number of rotatable bonds is 0. The van der Waals surface area contributed by atoms with Gasteiger partial charge in [0.15, 0.2) is 0 Å². The predicted octanol–water partition coefficient (Wildman–Crippen LogP) is 1.28. The summed E-state index contributed by atoms with van der Waals surface area (Å²) in [7, 11) is 4.94. The molecule has 0 spiro atoms. The topological polar surface area (TPSA) is 60.0 Å². The Balaban J connectivity index is 0. The molecule has 14 heavy (non-hydrogen) atoms. The van der Waals surface area contributed by atoms with Gasteiger partial charge in [0.25, 0.3) is 0 Å². The average Bonchev–Trinajstić information content (AvgIpc) is 1.92. The SMILES string of the molecule is [B+2]c1cccc(C(F)(F)F)c1F.[OH-].[OH-]. The van der Waals surface area contributed by atoms with E-state index in [1.165, 1.54) is 0 Å². The van der Waals surface area contributed by atoms with E-state index in [0.717, 1.165) is 12.1 Å². The summed E-state index contributed by atoms with van der Waals surface area (Å²) < 4.78 is 48.5. The summed E-state index contributed by atoms with van der Waals surface area (Å²) in [4.78, 5) is 0. The van der Waals surface area contributed by atoms with E-state index in [1.807, 2.05) is 0 Å². The third-order valence-corrected chi connectivity index (χ3v) is 1.33. The third kappa shape index (κ3) is 3.00. The third-order valence-electron chi connectivity index (χ3n) is 1.33. The molecule has 0 heterocycles. The van der Waals surface area contributed by atoms with Crippen LogP contribution in [0.25, 0.3) is 0 Å². The van der Waals surface area contributed by atoms with Crippen molar-refractivity contribution in [1.29, 1.82) is 0 Å². The minimum atomic E-state index is -4.68. The van der Waals surface area contributed by atoms with E-state index >= 15 is 0 Å². The molecule has 0 fully saturated rings. The first kappa shape index (κ1) is 15.4. The Morgan fingerprint density at radius 2 is 1.57 bits per heavy atom. The zero-order valence-electron chi connectivity index (χ0n) is 6.72. The van der Waals surface area contributed by atoms with E-state index in [0.29, 0.717) is 6.07 Å². The summed E-state index contributed by atoms with van der Waals surface area (Å²) in [5, 5.41) is 0. The first-order valence-electron chi connectivity index (χ1n) is 3.04. The van der Waals surface area contributed by atoms with Crippen LogP contribution >= 0.6 is 0 Å². The average molecular weight is 208 g/mol. The summed E-state index contributed by atoms with van der Waals surface area (Å²) in [6.07, 6.45) is -4.68. The maximum Gasteiger partial charge on any atom is -0.870 e. The van der Waals surface area contributed by atoms with Gasteiger partial charge in [-0.05, 0) is 0 Å². The maximum atomic E-state index is 12.7. The van der Waals surface area contributed by atoms with Crippen LogP contribution in [-0.4, -0.2) is 18.8 Å². The second-order valence-electron chi connectivity index (χ2n) is 2.21. The van der Waals surface area contributed by atoms with Crippen LogP contribution in [0.3, 0.4) is 0 Å². The van der Waals surface area contributed by atoms with Gasteiger partial charge in [-0.3, -0.25) is 0 Å². The molecule has 0 saturated heterocycles. The predicted molar refractivity (Wildman–Crippen MR) is 40.7 cm³/mol. The van der Waals surface area contributed by atoms with Gasteiger partial charge in [-0.2, -0.15) is 0 Å². The van der Waals surface area contributed by atoms with Crippen LogP contribution in [0.1, 0.15) is 5.56 Å². The monoisotopic (exact) mass is 208 g/mol. The molecule has 0 unspecified atom stereocenters. The minimum Gasteiger partial charge on any atom is -0.870 e. The number of hydrogen-bond acceptors (Lipinski definition) is 2. The Hall–Kier alpha value is -1.08. The van der Waals surface area contributed by atoms with Gasteiger partial charge in [0.1, 0.15) is 0 Å². The second kappa shape index (κ2) is 4.97. The van der Waals surface area contributed by atoms with E-state index in [1.54, 1.807) is 0 Å². The molecule has 0 aliphatic carbocycles. The Kier molecular flexibility index (Phi) is 5.47. The van der Waals surface area contributed by atoms with Crippen molar-refractivity contribution in [2.75, 3.05) is 0 Å². The van der Waals surface area contributed by atoms with Gasteiger partial charge in [-0.25, -0.2) is 0 Å². The molecular formula is C7H5BF4O2. The van der Waals surface area contributed by atoms with E-state index in [2.05, 4.69) is 0 Å². The van der Waals surface area contributed by atoms with Crippen LogP contribution in [-0.2, 0) is 6.18 Å². The Morgan fingerprint density at radius 1 is 1.07 bits per heavy atom. The first-order chi connectivity index (χ1) is 5.43. The fourth-order valence-corrected chi connectivity index (χ4v) is 0.769. The Morgan fingerprint density at radius 3 is 1.93 bits per heavy atom. The second-order valence-corrected chi connectivity index (χ2v) is 2.21. The molecule has 1 rings (SSSR count). The molecule has 0 radical (unpaired) electrons. The summed E-state index contributed by atoms with van der Waals surface area (Å²) in [5.74, 6) is -1.41. The van der Waals surface area contributed by atoms with Gasteiger partial charge < -0.3 is 11.0 Å². The molecule has 0 saturated carbocycles. The normalized spacial score (nSPS) is 10.1. The number of benzene rings is 1. The van der Waals surface area contributed by atoms with Crippen LogP contribution in [0.4, 0.5) is 17.6 Å². The van der Waals surface area contributed by atoms with Crippen molar-refractivity contribution in [2.24, 2.45) is 0 Å². The van der Waals surface area contributed by atoms with Gasteiger partial charge in [-0.1, -0.05) is 0 Å². The maximum absolute atomic E-state index is 12.7. The van der Waals surface area contributed by atoms with Gasteiger partial charge in [-0.15, -0.1) is 0 Å². The fraction of sp³-hybridized carbons (Fsp3) is 0.143. The molecule has 1 aromatic rings.